The molecule has 134 valence electrons. The molecule has 1 aliphatic rings. The van der Waals surface area contributed by atoms with Gasteiger partial charge in [0.2, 0.25) is 0 Å². The summed E-state index contributed by atoms with van der Waals surface area (Å²) in [4.78, 5) is 6.69. The number of methoxy groups -OCH3 is 1. The van der Waals surface area contributed by atoms with E-state index in [1.54, 1.807) is 20.4 Å². The zero-order chi connectivity index (χ0) is 17.5. The Kier molecular flexibility index (Phi) is 5.77. The van der Waals surface area contributed by atoms with Crippen LogP contribution in [-0.4, -0.2) is 44.4 Å². The largest absolute Gasteiger partial charge is 0.497 e. The van der Waals surface area contributed by atoms with Crippen molar-refractivity contribution in [2.45, 2.75) is 25.4 Å². The van der Waals surface area contributed by atoms with Crippen molar-refractivity contribution >= 4 is 11.6 Å². The molecule has 25 heavy (non-hydrogen) atoms. The molecule has 1 unspecified atom stereocenters. The van der Waals surface area contributed by atoms with Gasteiger partial charge in [0, 0.05) is 44.0 Å². The third kappa shape index (κ3) is 4.65. The van der Waals surface area contributed by atoms with E-state index in [9.17, 15) is 0 Å². The van der Waals surface area contributed by atoms with Crippen molar-refractivity contribution in [3.05, 3.63) is 42.3 Å². The standard InChI is InChI=1S/C18H25N5O2/c1-19-18(20-12-14-8-10-25-22-14)21-15-5-4-9-23(13-15)16-6-3-7-17(11-16)24-2/h3,6-8,10-11,15H,4-5,9,12-13H2,1-2H3,(H2,19,20,21). The highest BCUT2D eigenvalue weighted by atomic mass is 16.5. The van der Waals surface area contributed by atoms with E-state index in [1.165, 1.54) is 5.69 Å². The number of aromatic nitrogens is 1. The van der Waals surface area contributed by atoms with Crippen molar-refractivity contribution in [3.8, 4) is 5.75 Å². The fourth-order valence-corrected chi connectivity index (χ4v) is 3.03. The van der Waals surface area contributed by atoms with Crippen LogP contribution in [0.1, 0.15) is 18.5 Å². The number of ether oxygens (including phenoxy) is 1. The number of guanidine groups is 1. The molecule has 1 saturated heterocycles. The summed E-state index contributed by atoms with van der Waals surface area (Å²) in [6.45, 7) is 2.57. The van der Waals surface area contributed by atoms with Crippen LogP contribution >= 0.6 is 0 Å². The van der Waals surface area contributed by atoms with Crippen LogP contribution in [0.2, 0.25) is 0 Å². The molecule has 7 nitrogen and oxygen atoms in total. The van der Waals surface area contributed by atoms with Gasteiger partial charge in [-0.05, 0) is 25.0 Å². The molecular formula is C18H25N5O2. The fourth-order valence-electron chi connectivity index (χ4n) is 3.03. The first-order valence-corrected chi connectivity index (χ1v) is 8.54. The predicted octanol–water partition coefficient (Wildman–Crippen LogP) is 2.02. The third-order valence-electron chi connectivity index (χ3n) is 4.33. The molecule has 0 aliphatic carbocycles. The summed E-state index contributed by atoms with van der Waals surface area (Å²) in [6, 6.07) is 10.4. The van der Waals surface area contributed by atoms with Gasteiger partial charge in [-0.25, -0.2) is 0 Å². The SMILES string of the molecule is CN=C(NCc1ccon1)NC1CCCN(c2cccc(OC)c2)C1. The Morgan fingerprint density at radius 2 is 2.36 bits per heavy atom. The van der Waals surface area contributed by atoms with E-state index in [4.69, 9.17) is 9.26 Å². The van der Waals surface area contributed by atoms with E-state index >= 15 is 0 Å². The summed E-state index contributed by atoms with van der Waals surface area (Å²) >= 11 is 0. The van der Waals surface area contributed by atoms with Crippen molar-refractivity contribution in [1.29, 1.82) is 0 Å². The average Bonchev–Trinajstić information content (AvgIpc) is 3.19. The van der Waals surface area contributed by atoms with Gasteiger partial charge in [0.25, 0.3) is 0 Å². The van der Waals surface area contributed by atoms with Crippen LogP contribution in [0.4, 0.5) is 5.69 Å². The molecule has 1 atom stereocenters. The first kappa shape index (κ1) is 17.1. The second-order valence-corrected chi connectivity index (χ2v) is 6.05. The normalized spacial score (nSPS) is 18.1. The minimum Gasteiger partial charge on any atom is -0.497 e. The van der Waals surface area contributed by atoms with Crippen LogP contribution < -0.4 is 20.3 Å². The Balaban J connectivity index is 1.56. The average molecular weight is 343 g/mol. The first-order valence-electron chi connectivity index (χ1n) is 8.54. The van der Waals surface area contributed by atoms with E-state index in [0.717, 1.165) is 43.3 Å². The van der Waals surface area contributed by atoms with Gasteiger partial charge >= 0.3 is 0 Å². The van der Waals surface area contributed by atoms with Crippen molar-refractivity contribution in [2.24, 2.45) is 4.99 Å². The van der Waals surface area contributed by atoms with Gasteiger partial charge in [0.1, 0.15) is 17.7 Å². The molecule has 7 heteroatoms. The smallest absolute Gasteiger partial charge is 0.191 e. The number of anilines is 1. The molecule has 0 bridgehead atoms. The zero-order valence-corrected chi connectivity index (χ0v) is 14.7. The maximum atomic E-state index is 5.34. The Morgan fingerprint density at radius 1 is 1.44 bits per heavy atom. The lowest BCUT2D eigenvalue weighted by Gasteiger charge is -2.35. The highest BCUT2D eigenvalue weighted by molar-refractivity contribution is 5.80. The third-order valence-corrected chi connectivity index (χ3v) is 4.33. The summed E-state index contributed by atoms with van der Waals surface area (Å²) in [5.41, 5.74) is 2.04. The molecule has 3 rings (SSSR count). The number of nitrogens with zero attached hydrogens (tertiary/aromatic N) is 3. The lowest BCUT2D eigenvalue weighted by Crippen LogP contribution is -2.51. The number of nitrogens with one attached hydrogen (secondary N) is 2. The maximum absolute atomic E-state index is 5.34. The van der Waals surface area contributed by atoms with Crippen LogP contribution in [-0.2, 0) is 6.54 Å². The Hall–Kier alpha value is -2.70. The molecule has 2 heterocycles. The number of aliphatic imine (C=N–C) groups is 1. The predicted molar refractivity (Wildman–Crippen MR) is 98.1 cm³/mol. The molecule has 2 aromatic rings. The van der Waals surface area contributed by atoms with Crippen LogP contribution in [0.15, 0.2) is 46.1 Å². The maximum Gasteiger partial charge on any atom is 0.191 e. The topological polar surface area (TPSA) is 74.9 Å². The minimum atomic E-state index is 0.337. The number of hydrogen-bond donors (Lipinski definition) is 2. The summed E-state index contributed by atoms with van der Waals surface area (Å²) < 4.78 is 10.2. The zero-order valence-electron chi connectivity index (χ0n) is 14.7. The van der Waals surface area contributed by atoms with Gasteiger partial charge in [-0.3, -0.25) is 4.99 Å². The van der Waals surface area contributed by atoms with Crippen molar-refractivity contribution in [3.63, 3.8) is 0 Å². The van der Waals surface area contributed by atoms with Gasteiger partial charge in [-0.1, -0.05) is 11.2 Å². The molecule has 2 N–H and O–H groups in total. The van der Waals surface area contributed by atoms with Gasteiger partial charge < -0.3 is 24.8 Å². The number of piperidine rings is 1. The molecule has 1 aromatic heterocycles. The molecule has 1 aliphatic heterocycles. The summed E-state index contributed by atoms with van der Waals surface area (Å²) in [7, 11) is 3.48. The fraction of sp³-hybridized carbons (Fsp3) is 0.444. The summed E-state index contributed by atoms with van der Waals surface area (Å²) in [5.74, 6) is 1.66. The summed E-state index contributed by atoms with van der Waals surface area (Å²) in [6.07, 6.45) is 3.82. The molecule has 0 radical (unpaired) electrons. The van der Waals surface area contributed by atoms with E-state index in [1.807, 2.05) is 18.2 Å². The molecule has 1 fully saturated rings. The van der Waals surface area contributed by atoms with Crippen molar-refractivity contribution < 1.29 is 9.26 Å². The van der Waals surface area contributed by atoms with Crippen LogP contribution in [0.3, 0.4) is 0 Å². The number of hydrogen-bond acceptors (Lipinski definition) is 5. The second-order valence-electron chi connectivity index (χ2n) is 6.05. The quantitative estimate of drug-likeness (QED) is 0.639. The van der Waals surface area contributed by atoms with E-state index < -0.39 is 0 Å². The van der Waals surface area contributed by atoms with Crippen LogP contribution in [0.25, 0.3) is 0 Å². The Bertz CT molecular complexity index is 687. The van der Waals surface area contributed by atoms with Gasteiger partial charge in [0.05, 0.1) is 13.7 Å². The van der Waals surface area contributed by atoms with E-state index in [2.05, 4.69) is 37.8 Å². The van der Waals surface area contributed by atoms with Crippen molar-refractivity contribution in [1.82, 2.24) is 15.8 Å². The Morgan fingerprint density at radius 3 is 3.12 bits per heavy atom. The summed E-state index contributed by atoms with van der Waals surface area (Å²) in [5, 5.41) is 10.7. The monoisotopic (exact) mass is 343 g/mol. The molecular weight excluding hydrogens is 318 g/mol. The molecule has 0 amide bonds. The molecule has 0 saturated carbocycles. The van der Waals surface area contributed by atoms with E-state index in [0.29, 0.717) is 12.6 Å². The number of benzene rings is 1. The van der Waals surface area contributed by atoms with Crippen LogP contribution in [0, 0.1) is 0 Å². The minimum absolute atomic E-state index is 0.337. The lowest BCUT2D eigenvalue weighted by atomic mass is 10.0. The Labute approximate surface area is 148 Å². The van der Waals surface area contributed by atoms with Gasteiger partial charge in [-0.15, -0.1) is 0 Å². The van der Waals surface area contributed by atoms with E-state index in [-0.39, 0.29) is 0 Å². The highest BCUT2D eigenvalue weighted by Gasteiger charge is 2.21. The molecule has 1 aromatic carbocycles. The van der Waals surface area contributed by atoms with Crippen molar-refractivity contribution in [2.75, 3.05) is 32.1 Å². The first-order chi connectivity index (χ1) is 12.3. The lowest BCUT2D eigenvalue weighted by molar-refractivity contribution is 0.410. The van der Waals surface area contributed by atoms with Gasteiger partial charge in [0.15, 0.2) is 5.96 Å². The second kappa shape index (κ2) is 8.41. The highest BCUT2D eigenvalue weighted by Crippen LogP contribution is 2.24. The van der Waals surface area contributed by atoms with Gasteiger partial charge in [-0.2, -0.15) is 0 Å². The number of rotatable bonds is 5. The van der Waals surface area contributed by atoms with Crippen LogP contribution in [0.5, 0.6) is 5.75 Å². The molecule has 0 spiro atoms.